The maximum absolute atomic E-state index is 8.88. The van der Waals surface area contributed by atoms with Gasteiger partial charge in [0.15, 0.2) is 0 Å². The molecule has 0 fully saturated rings. The van der Waals surface area contributed by atoms with E-state index < -0.39 is 0 Å². The first kappa shape index (κ1) is 13.6. The maximum atomic E-state index is 8.88. The number of benzene rings is 2. The monoisotopic (exact) mass is 316 g/mol. The Balaban J connectivity index is 2.26. The number of nitrogens with one attached hydrogen (secondary N) is 1. The molecule has 4 heteroatoms. The molecule has 0 aliphatic carbocycles. The molecule has 2 aromatic carbocycles. The van der Waals surface area contributed by atoms with Crippen molar-refractivity contribution in [3.8, 4) is 17.6 Å². The van der Waals surface area contributed by atoms with E-state index in [1.165, 1.54) is 0 Å². The minimum atomic E-state index is 0.593. The van der Waals surface area contributed by atoms with E-state index in [2.05, 4.69) is 27.3 Å². The first-order valence-electron chi connectivity index (χ1n) is 5.84. The number of para-hydroxylation sites is 1. The van der Waals surface area contributed by atoms with Gasteiger partial charge in [-0.15, -0.1) is 0 Å². The molecular formula is C15H13BrN2O. The summed E-state index contributed by atoms with van der Waals surface area (Å²) < 4.78 is 6.60. The molecule has 2 aromatic rings. The lowest BCUT2D eigenvalue weighted by molar-refractivity contribution is 0.474. The smallest absolute Gasteiger partial charge is 0.131 e. The summed E-state index contributed by atoms with van der Waals surface area (Å²) in [5, 5.41) is 12.0. The van der Waals surface area contributed by atoms with Crippen LogP contribution in [0.25, 0.3) is 0 Å². The number of ether oxygens (including phenoxy) is 1. The average Bonchev–Trinajstić information content (AvgIpc) is 2.41. The topological polar surface area (TPSA) is 45.0 Å². The second-order valence-electron chi connectivity index (χ2n) is 3.99. The molecule has 1 N–H and O–H groups in total. The fraction of sp³-hybridized carbons (Fsp3) is 0.133. The normalized spacial score (nSPS) is 9.95. The van der Waals surface area contributed by atoms with Gasteiger partial charge in [0.2, 0.25) is 0 Å². The van der Waals surface area contributed by atoms with E-state index in [1.54, 1.807) is 18.2 Å². The fourth-order valence-electron chi connectivity index (χ4n) is 1.72. The van der Waals surface area contributed by atoms with Gasteiger partial charge < -0.3 is 10.1 Å². The van der Waals surface area contributed by atoms with Crippen LogP contribution in [0.15, 0.2) is 46.9 Å². The van der Waals surface area contributed by atoms with Crippen LogP contribution in [0.1, 0.15) is 11.1 Å². The SMILES string of the molecule is CNCc1ccccc1Oc1ccc(C#N)c(Br)c1. The predicted molar refractivity (Wildman–Crippen MR) is 78.1 cm³/mol. The molecule has 0 aliphatic rings. The summed E-state index contributed by atoms with van der Waals surface area (Å²) in [5.41, 5.74) is 1.68. The second kappa shape index (κ2) is 6.37. The number of nitriles is 1. The lowest BCUT2D eigenvalue weighted by Gasteiger charge is -2.11. The molecule has 0 unspecified atom stereocenters. The van der Waals surface area contributed by atoms with E-state index >= 15 is 0 Å². The Morgan fingerprint density at radius 3 is 2.74 bits per heavy atom. The van der Waals surface area contributed by atoms with Gasteiger partial charge in [-0.3, -0.25) is 0 Å². The van der Waals surface area contributed by atoms with Crippen LogP contribution in [0.5, 0.6) is 11.5 Å². The van der Waals surface area contributed by atoms with Crippen LogP contribution < -0.4 is 10.1 Å². The van der Waals surface area contributed by atoms with E-state index in [0.717, 1.165) is 22.3 Å². The molecule has 0 heterocycles. The molecule has 2 rings (SSSR count). The van der Waals surface area contributed by atoms with Gasteiger partial charge in [0, 0.05) is 16.6 Å². The van der Waals surface area contributed by atoms with Crippen molar-refractivity contribution in [1.82, 2.24) is 5.32 Å². The first-order valence-corrected chi connectivity index (χ1v) is 6.64. The van der Waals surface area contributed by atoms with Crippen molar-refractivity contribution in [3.63, 3.8) is 0 Å². The van der Waals surface area contributed by atoms with Crippen molar-refractivity contribution in [3.05, 3.63) is 58.1 Å². The van der Waals surface area contributed by atoms with Crippen molar-refractivity contribution >= 4 is 15.9 Å². The standard InChI is InChI=1S/C15H13BrN2O/c1-18-10-12-4-2-3-5-15(12)19-13-7-6-11(9-17)14(16)8-13/h2-8,18H,10H2,1H3. The van der Waals surface area contributed by atoms with Gasteiger partial charge in [-0.1, -0.05) is 18.2 Å². The summed E-state index contributed by atoms with van der Waals surface area (Å²) in [5.74, 6) is 1.52. The molecule has 0 radical (unpaired) electrons. The van der Waals surface area contributed by atoms with Gasteiger partial charge in [-0.05, 0) is 47.2 Å². The van der Waals surface area contributed by atoms with Gasteiger partial charge in [-0.2, -0.15) is 5.26 Å². The summed E-state index contributed by atoms with van der Waals surface area (Å²) in [6.07, 6.45) is 0. The number of hydrogen-bond donors (Lipinski definition) is 1. The van der Waals surface area contributed by atoms with E-state index in [9.17, 15) is 0 Å². The summed E-state index contributed by atoms with van der Waals surface area (Å²) in [7, 11) is 1.90. The average molecular weight is 317 g/mol. The third-order valence-corrected chi connectivity index (χ3v) is 3.28. The van der Waals surface area contributed by atoms with Crippen molar-refractivity contribution in [1.29, 1.82) is 5.26 Å². The van der Waals surface area contributed by atoms with E-state index in [4.69, 9.17) is 10.00 Å². The van der Waals surface area contributed by atoms with Crippen LogP contribution in [0.2, 0.25) is 0 Å². The first-order chi connectivity index (χ1) is 9.24. The molecular weight excluding hydrogens is 304 g/mol. The highest BCUT2D eigenvalue weighted by molar-refractivity contribution is 9.10. The predicted octanol–water partition coefficient (Wildman–Crippen LogP) is 3.83. The fourth-order valence-corrected chi connectivity index (χ4v) is 2.16. The number of hydrogen-bond acceptors (Lipinski definition) is 3. The zero-order chi connectivity index (χ0) is 13.7. The van der Waals surface area contributed by atoms with Crippen LogP contribution in [0, 0.1) is 11.3 Å². The number of nitrogens with zero attached hydrogens (tertiary/aromatic N) is 1. The Hall–Kier alpha value is -1.83. The van der Waals surface area contributed by atoms with Crippen molar-refractivity contribution < 1.29 is 4.74 Å². The minimum absolute atomic E-state index is 0.593. The van der Waals surface area contributed by atoms with Crippen LogP contribution >= 0.6 is 15.9 Å². The highest BCUT2D eigenvalue weighted by Crippen LogP contribution is 2.28. The summed E-state index contributed by atoms with van der Waals surface area (Å²) in [6.45, 7) is 0.744. The molecule has 3 nitrogen and oxygen atoms in total. The highest BCUT2D eigenvalue weighted by atomic mass is 79.9. The lowest BCUT2D eigenvalue weighted by atomic mass is 10.2. The number of halogens is 1. The molecule has 0 atom stereocenters. The zero-order valence-electron chi connectivity index (χ0n) is 10.5. The quantitative estimate of drug-likeness (QED) is 0.932. The highest BCUT2D eigenvalue weighted by Gasteiger charge is 2.06. The maximum Gasteiger partial charge on any atom is 0.131 e. The van der Waals surface area contributed by atoms with E-state index in [0.29, 0.717) is 11.3 Å². The van der Waals surface area contributed by atoms with Gasteiger partial charge in [0.05, 0.1) is 5.56 Å². The lowest BCUT2D eigenvalue weighted by Crippen LogP contribution is -2.06. The Labute approximate surface area is 121 Å². The Morgan fingerprint density at radius 1 is 1.26 bits per heavy atom. The molecule has 0 saturated heterocycles. The van der Waals surface area contributed by atoms with Gasteiger partial charge in [-0.25, -0.2) is 0 Å². The third kappa shape index (κ3) is 3.34. The van der Waals surface area contributed by atoms with E-state index in [-0.39, 0.29) is 0 Å². The van der Waals surface area contributed by atoms with Crippen LogP contribution in [0.3, 0.4) is 0 Å². The van der Waals surface area contributed by atoms with Crippen LogP contribution in [-0.2, 0) is 6.54 Å². The largest absolute Gasteiger partial charge is 0.457 e. The third-order valence-electron chi connectivity index (χ3n) is 2.63. The van der Waals surface area contributed by atoms with Crippen LogP contribution in [0.4, 0.5) is 0 Å². The molecule has 0 bridgehead atoms. The molecule has 0 saturated carbocycles. The van der Waals surface area contributed by atoms with Crippen molar-refractivity contribution in [2.75, 3.05) is 7.05 Å². The molecule has 19 heavy (non-hydrogen) atoms. The summed E-state index contributed by atoms with van der Waals surface area (Å²) in [6, 6.07) is 15.3. The Bertz CT molecular complexity index is 620. The van der Waals surface area contributed by atoms with E-state index in [1.807, 2.05) is 31.3 Å². The minimum Gasteiger partial charge on any atom is -0.457 e. The molecule has 0 aromatic heterocycles. The molecule has 0 spiro atoms. The second-order valence-corrected chi connectivity index (χ2v) is 4.85. The molecule has 0 amide bonds. The summed E-state index contributed by atoms with van der Waals surface area (Å²) in [4.78, 5) is 0. The Morgan fingerprint density at radius 2 is 2.05 bits per heavy atom. The molecule has 96 valence electrons. The van der Waals surface area contributed by atoms with Gasteiger partial charge in [0.1, 0.15) is 17.6 Å². The van der Waals surface area contributed by atoms with Crippen molar-refractivity contribution in [2.24, 2.45) is 0 Å². The Kier molecular flexibility index (Phi) is 4.56. The molecule has 0 aliphatic heterocycles. The zero-order valence-corrected chi connectivity index (χ0v) is 12.1. The van der Waals surface area contributed by atoms with Crippen molar-refractivity contribution in [2.45, 2.75) is 6.54 Å². The van der Waals surface area contributed by atoms with Gasteiger partial charge >= 0.3 is 0 Å². The van der Waals surface area contributed by atoms with Gasteiger partial charge in [0.25, 0.3) is 0 Å². The summed E-state index contributed by atoms with van der Waals surface area (Å²) >= 11 is 3.36. The van der Waals surface area contributed by atoms with Crippen LogP contribution in [-0.4, -0.2) is 7.05 Å². The number of rotatable bonds is 4.